The van der Waals surface area contributed by atoms with Crippen molar-refractivity contribution in [2.75, 3.05) is 11.4 Å². The van der Waals surface area contributed by atoms with Crippen LogP contribution in [0.4, 0.5) is 5.69 Å². The number of halogens is 3. The molecule has 15 heavy (non-hydrogen) atoms. The standard InChI is InChI=1S/C10H8BrCl2NO/c11-6-4-7(12)10(8(13)5-6)14-3-1-2-9(14)15/h4-5H,1-3H2. The van der Waals surface area contributed by atoms with Crippen molar-refractivity contribution in [3.05, 3.63) is 26.7 Å². The van der Waals surface area contributed by atoms with Gasteiger partial charge in [0.05, 0.1) is 15.7 Å². The Morgan fingerprint density at radius 2 is 1.87 bits per heavy atom. The third-order valence-corrected chi connectivity index (χ3v) is 3.36. The summed E-state index contributed by atoms with van der Waals surface area (Å²) in [5.74, 6) is 0.0844. The van der Waals surface area contributed by atoms with Crippen LogP contribution in [0, 0.1) is 0 Å². The van der Waals surface area contributed by atoms with Gasteiger partial charge in [-0.3, -0.25) is 4.79 Å². The van der Waals surface area contributed by atoms with Crippen LogP contribution < -0.4 is 4.90 Å². The van der Waals surface area contributed by atoms with Gasteiger partial charge in [-0.1, -0.05) is 39.1 Å². The van der Waals surface area contributed by atoms with E-state index < -0.39 is 0 Å². The lowest BCUT2D eigenvalue weighted by atomic mass is 10.3. The van der Waals surface area contributed by atoms with E-state index in [0.717, 1.165) is 10.9 Å². The van der Waals surface area contributed by atoms with Crippen LogP contribution in [0.15, 0.2) is 16.6 Å². The van der Waals surface area contributed by atoms with Crippen molar-refractivity contribution in [3.63, 3.8) is 0 Å². The lowest BCUT2D eigenvalue weighted by Crippen LogP contribution is -2.24. The van der Waals surface area contributed by atoms with Crippen molar-refractivity contribution in [2.24, 2.45) is 0 Å². The molecule has 2 rings (SSSR count). The number of rotatable bonds is 1. The monoisotopic (exact) mass is 307 g/mol. The smallest absolute Gasteiger partial charge is 0.227 e. The molecule has 0 radical (unpaired) electrons. The van der Waals surface area contributed by atoms with E-state index in [4.69, 9.17) is 23.2 Å². The summed E-state index contributed by atoms with van der Waals surface area (Å²) in [5.41, 5.74) is 0.629. The minimum absolute atomic E-state index is 0.0844. The molecule has 1 aromatic carbocycles. The van der Waals surface area contributed by atoms with Gasteiger partial charge in [0.1, 0.15) is 0 Å². The molecular formula is C10H8BrCl2NO. The molecule has 1 amide bonds. The molecule has 0 atom stereocenters. The maximum atomic E-state index is 11.6. The normalized spacial score (nSPS) is 16.2. The predicted molar refractivity (Wildman–Crippen MR) is 65.7 cm³/mol. The first-order valence-electron chi connectivity index (χ1n) is 4.54. The Bertz CT molecular complexity index is 399. The van der Waals surface area contributed by atoms with Gasteiger partial charge in [-0.25, -0.2) is 0 Å². The highest BCUT2D eigenvalue weighted by Crippen LogP contribution is 2.38. The first-order chi connectivity index (χ1) is 7.09. The quantitative estimate of drug-likeness (QED) is 0.771. The predicted octanol–water partition coefficient (Wildman–Crippen LogP) is 3.88. The molecule has 0 saturated carbocycles. The summed E-state index contributed by atoms with van der Waals surface area (Å²) >= 11 is 15.4. The van der Waals surface area contributed by atoms with Gasteiger partial charge in [0.25, 0.3) is 0 Å². The molecule has 1 saturated heterocycles. The molecule has 0 aliphatic carbocycles. The summed E-state index contributed by atoms with van der Waals surface area (Å²) in [4.78, 5) is 13.2. The van der Waals surface area contributed by atoms with E-state index in [1.807, 2.05) is 0 Å². The zero-order valence-corrected chi connectivity index (χ0v) is 10.9. The maximum absolute atomic E-state index is 11.6. The summed E-state index contributed by atoms with van der Waals surface area (Å²) in [6.07, 6.45) is 1.43. The minimum Gasteiger partial charge on any atom is -0.310 e. The zero-order valence-electron chi connectivity index (χ0n) is 7.77. The fourth-order valence-corrected chi connectivity index (χ4v) is 3.09. The van der Waals surface area contributed by atoms with Gasteiger partial charge in [-0.15, -0.1) is 0 Å². The van der Waals surface area contributed by atoms with Crippen molar-refractivity contribution in [1.29, 1.82) is 0 Å². The number of amides is 1. The van der Waals surface area contributed by atoms with Crippen molar-refractivity contribution in [2.45, 2.75) is 12.8 Å². The highest BCUT2D eigenvalue weighted by Gasteiger charge is 2.25. The number of anilines is 1. The molecule has 5 heteroatoms. The second-order valence-electron chi connectivity index (χ2n) is 3.37. The highest BCUT2D eigenvalue weighted by atomic mass is 79.9. The molecule has 2 nitrogen and oxygen atoms in total. The van der Waals surface area contributed by atoms with Gasteiger partial charge in [-0.2, -0.15) is 0 Å². The van der Waals surface area contributed by atoms with Crippen LogP contribution in [-0.2, 0) is 4.79 Å². The largest absolute Gasteiger partial charge is 0.310 e. The summed E-state index contributed by atoms with van der Waals surface area (Å²) in [6.45, 7) is 0.694. The van der Waals surface area contributed by atoms with Crippen LogP contribution in [0.2, 0.25) is 10.0 Å². The second kappa shape index (κ2) is 4.32. The Hall–Kier alpha value is -0.250. The Labute approximate surface area is 106 Å². The first-order valence-corrected chi connectivity index (χ1v) is 6.09. The topological polar surface area (TPSA) is 20.3 Å². The van der Waals surface area contributed by atoms with Gasteiger partial charge in [0.15, 0.2) is 0 Å². The van der Waals surface area contributed by atoms with E-state index in [2.05, 4.69) is 15.9 Å². The van der Waals surface area contributed by atoms with Crippen LogP contribution in [0.1, 0.15) is 12.8 Å². The van der Waals surface area contributed by atoms with Gasteiger partial charge in [0, 0.05) is 17.4 Å². The molecule has 1 aliphatic rings. The van der Waals surface area contributed by atoms with Crippen LogP contribution in [0.25, 0.3) is 0 Å². The van der Waals surface area contributed by atoms with Gasteiger partial charge >= 0.3 is 0 Å². The first kappa shape index (κ1) is 11.2. The molecule has 1 heterocycles. The van der Waals surface area contributed by atoms with Crippen molar-refractivity contribution >= 4 is 50.7 Å². The summed E-state index contributed by atoms with van der Waals surface area (Å²) in [6, 6.07) is 3.49. The number of carbonyl (C=O) groups is 1. The Balaban J connectivity index is 2.47. The van der Waals surface area contributed by atoms with E-state index in [9.17, 15) is 4.79 Å². The average molecular weight is 309 g/mol. The molecule has 0 spiro atoms. The van der Waals surface area contributed by atoms with Gasteiger partial charge in [-0.05, 0) is 18.6 Å². The van der Waals surface area contributed by atoms with Crippen LogP contribution in [0.5, 0.6) is 0 Å². The SMILES string of the molecule is O=C1CCCN1c1c(Cl)cc(Br)cc1Cl. The molecule has 1 fully saturated rings. The number of carbonyl (C=O) groups excluding carboxylic acids is 1. The Morgan fingerprint density at radius 1 is 1.27 bits per heavy atom. The van der Waals surface area contributed by atoms with Crippen LogP contribution >= 0.6 is 39.1 Å². The lowest BCUT2D eigenvalue weighted by molar-refractivity contribution is -0.117. The van der Waals surface area contributed by atoms with Crippen LogP contribution in [0.3, 0.4) is 0 Å². The lowest BCUT2D eigenvalue weighted by Gasteiger charge is -2.18. The highest BCUT2D eigenvalue weighted by molar-refractivity contribution is 9.10. The number of hydrogen-bond donors (Lipinski definition) is 0. The minimum atomic E-state index is 0.0844. The average Bonchev–Trinajstić information content (AvgIpc) is 2.50. The number of benzene rings is 1. The van der Waals surface area contributed by atoms with Crippen molar-refractivity contribution < 1.29 is 4.79 Å². The second-order valence-corrected chi connectivity index (χ2v) is 5.10. The maximum Gasteiger partial charge on any atom is 0.227 e. The van der Waals surface area contributed by atoms with Crippen molar-refractivity contribution in [3.8, 4) is 0 Å². The zero-order chi connectivity index (χ0) is 11.0. The molecule has 1 aliphatic heterocycles. The van der Waals surface area contributed by atoms with E-state index >= 15 is 0 Å². The summed E-state index contributed by atoms with van der Waals surface area (Å²) in [5, 5.41) is 1.01. The number of nitrogens with zero attached hydrogens (tertiary/aromatic N) is 1. The van der Waals surface area contributed by atoms with Crippen molar-refractivity contribution in [1.82, 2.24) is 0 Å². The molecule has 0 aromatic heterocycles. The molecule has 80 valence electrons. The molecular weight excluding hydrogens is 301 g/mol. The van der Waals surface area contributed by atoms with Gasteiger partial charge < -0.3 is 4.90 Å². The Kier molecular flexibility index (Phi) is 3.24. The molecule has 1 aromatic rings. The fourth-order valence-electron chi connectivity index (χ4n) is 1.68. The number of hydrogen-bond acceptors (Lipinski definition) is 1. The van der Waals surface area contributed by atoms with Gasteiger partial charge in [0.2, 0.25) is 5.91 Å². The van der Waals surface area contributed by atoms with Crippen LogP contribution in [-0.4, -0.2) is 12.5 Å². The molecule has 0 N–H and O–H groups in total. The third-order valence-electron chi connectivity index (χ3n) is 2.32. The van der Waals surface area contributed by atoms with E-state index in [-0.39, 0.29) is 5.91 Å². The van der Waals surface area contributed by atoms with E-state index in [1.165, 1.54) is 0 Å². The summed E-state index contributed by atoms with van der Waals surface area (Å²) < 4.78 is 0.813. The molecule has 0 bridgehead atoms. The summed E-state index contributed by atoms with van der Waals surface area (Å²) in [7, 11) is 0. The third kappa shape index (κ3) is 2.14. The fraction of sp³-hybridized carbons (Fsp3) is 0.300. The molecule has 0 unspecified atom stereocenters. The van der Waals surface area contributed by atoms with E-state index in [0.29, 0.717) is 28.7 Å². The Morgan fingerprint density at radius 3 is 2.33 bits per heavy atom. The van der Waals surface area contributed by atoms with E-state index in [1.54, 1.807) is 17.0 Å².